The lowest BCUT2D eigenvalue weighted by atomic mass is 9.91. The maximum Gasteiger partial charge on any atom is 0.319 e. The van der Waals surface area contributed by atoms with Crippen LogP contribution in [0.1, 0.15) is 22.6 Å². The summed E-state index contributed by atoms with van der Waals surface area (Å²) in [6.45, 7) is 2.26. The minimum atomic E-state index is -0.377. The summed E-state index contributed by atoms with van der Waals surface area (Å²) in [5.41, 5.74) is 3.53. The Bertz CT molecular complexity index is 826. The third-order valence-corrected chi connectivity index (χ3v) is 4.32. The highest BCUT2D eigenvalue weighted by atomic mass is 19.1. The van der Waals surface area contributed by atoms with Crippen molar-refractivity contribution >= 4 is 11.7 Å². The summed E-state index contributed by atoms with van der Waals surface area (Å²) < 4.78 is 13.4. The van der Waals surface area contributed by atoms with E-state index in [0.29, 0.717) is 12.2 Å². The van der Waals surface area contributed by atoms with Crippen molar-refractivity contribution in [1.29, 1.82) is 0 Å². The van der Waals surface area contributed by atoms with E-state index in [9.17, 15) is 9.18 Å². The van der Waals surface area contributed by atoms with Crippen LogP contribution in [0.2, 0.25) is 0 Å². The van der Waals surface area contributed by atoms with Gasteiger partial charge in [0.05, 0.1) is 0 Å². The zero-order chi connectivity index (χ0) is 18.4. The molecule has 2 N–H and O–H groups in total. The van der Waals surface area contributed by atoms with Gasteiger partial charge in [0.1, 0.15) is 5.82 Å². The Morgan fingerprint density at radius 2 is 1.50 bits per heavy atom. The fraction of sp³-hybridized carbons (Fsp3) is 0.136. The molecule has 0 fully saturated rings. The molecule has 3 aromatic carbocycles. The van der Waals surface area contributed by atoms with Crippen LogP contribution in [-0.2, 0) is 0 Å². The van der Waals surface area contributed by atoms with Crippen LogP contribution in [0.5, 0.6) is 0 Å². The second kappa shape index (κ2) is 8.30. The van der Waals surface area contributed by atoms with E-state index in [2.05, 4.69) is 10.6 Å². The Balaban J connectivity index is 1.72. The van der Waals surface area contributed by atoms with Gasteiger partial charge in [-0.25, -0.2) is 9.18 Å². The summed E-state index contributed by atoms with van der Waals surface area (Å²) in [6.07, 6.45) is 0. The van der Waals surface area contributed by atoms with Crippen molar-refractivity contribution in [3.05, 3.63) is 101 Å². The van der Waals surface area contributed by atoms with E-state index in [1.54, 1.807) is 6.07 Å². The van der Waals surface area contributed by atoms with E-state index >= 15 is 0 Å². The van der Waals surface area contributed by atoms with Crippen molar-refractivity contribution < 1.29 is 9.18 Å². The average molecular weight is 348 g/mol. The smallest absolute Gasteiger partial charge is 0.319 e. The van der Waals surface area contributed by atoms with Gasteiger partial charge >= 0.3 is 6.03 Å². The molecule has 3 nitrogen and oxygen atoms in total. The van der Waals surface area contributed by atoms with E-state index in [1.165, 1.54) is 12.1 Å². The fourth-order valence-corrected chi connectivity index (χ4v) is 2.89. The molecule has 3 aromatic rings. The minimum Gasteiger partial charge on any atom is -0.337 e. The van der Waals surface area contributed by atoms with E-state index in [4.69, 9.17) is 0 Å². The first-order valence-electron chi connectivity index (χ1n) is 8.54. The number of nitrogens with one attached hydrogen (secondary N) is 2. The van der Waals surface area contributed by atoms with E-state index in [0.717, 1.165) is 16.7 Å². The van der Waals surface area contributed by atoms with Crippen molar-refractivity contribution in [1.82, 2.24) is 5.32 Å². The van der Waals surface area contributed by atoms with Crippen molar-refractivity contribution in [2.45, 2.75) is 12.8 Å². The van der Waals surface area contributed by atoms with Crippen LogP contribution in [0.3, 0.4) is 0 Å². The molecule has 0 aliphatic rings. The molecule has 3 rings (SSSR count). The van der Waals surface area contributed by atoms with Gasteiger partial charge in [0.25, 0.3) is 0 Å². The lowest BCUT2D eigenvalue weighted by Crippen LogP contribution is -2.33. The summed E-state index contributed by atoms with van der Waals surface area (Å²) in [5.74, 6) is -0.339. The van der Waals surface area contributed by atoms with E-state index in [-0.39, 0.29) is 17.8 Å². The summed E-state index contributed by atoms with van der Waals surface area (Å²) >= 11 is 0. The van der Waals surface area contributed by atoms with E-state index < -0.39 is 0 Å². The fourth-order valence-electron chi connectivity index (χ4n) is 2.89. The number of urea groups is 1. The first-order valence-corrected chi connectivity index (χ1v) is 8.54. The molecule has 0 aliphatic carbocycles. The number of carbonyl (C=O) groups is 1. The average Bonchev–Trinajstić information content (AvgIpc) is 2.67. The zero-order valence-corrected chi connectivity index (χ0v) is 14.6. The van der Waals surface area contributed by atoms with Crippen LogP contribution in [0.15, 0.2) is 78.9 Å². The maximum atomic E-state index is 13.4. The Hall–Kier alpha value is -3.14. The highest BCUT2D eigenvalue weighted by Crippen LogP contribution is 2.24. The molecule has 0 saturated heterocycles. The van der Waals surface area contributed by atoms with E-state index in [1.807, 2.05) is 67.6 Å². The Morgan fingerprint density at radius 3 is 2.08 bits per heavy atom. The summed E-state index contributed by atoms with van der Waals surface area (Å²) in [7, 11) is 0. The highest BCUT2D eigenvalue weighted by Gasteiger charge is 2.15. The van der Waals surface area contributed by atoms with Gasteiger partial charge in [-0.15, -0.1) is 0 Å². The number of amides is 2. The number of anilines is 1. The van der Waals surface area contributed by atoms with Crippen LogP contribution < -0.4 is 10.6 Å². The maximum absolute atomic E-state index is 13.4. The Labute approximate surface area is 152 Å². The van der Waals surface area contributed by atoms with Gasteiger partial charge in [-0.2, -0.15) is 0 Å². The largest absolute Gasteiger partial charge is 0.337 e. The number of carbonyl (C=O) groups excluding carboxylic acids is 1. The monoisotopic (exact) mass is 348 g/mol. The lowest BCUT2D eigenvalue weighted by Gasteiger charge is -2.19. The van der Waals surface area contributed by atoms with Gasteiger partial charge in [0.15, 0.2) is 0 Å². The van der Waals surface area contributed by atoms with Gasteiger partial charge in [-0.1, -0.05) is 66.7 Å². The minimum absolute atomic E-state index is 0.0387. The number of aryl methyl sites for hydroxylation is 1. The molecule has 4 heteroatoms. The number of hydrogen-bond donors (Lipinski definition) is 2. The molecule has 0 aliphatic heterocycles. The third kappa shape index (κ3) is 4.48. The number of halogens is 1. The number of benzene rings is 3. The number of rotatable bonds is 5. The number of hydrogen-bond acceptors (Lipinski definition) is 1. The topological polar surface area (TPSA) is 41.1 Å². The summed E-state index contributed by atoms with van der Waals surface area (Å²) in [6, 6.07) is 24.1. The normalized spacial score (nSPS) is 10.6. The SMILES string of the molecule is Cc1ccc(F)cc1NC(=O)NCC(c1ccccc1)c1ccccc1. The van der Waals surface area contributed by atoms with Gasteiger partial charge in [0.2, 0.25) is 0 Å². The van der Waals surface area contributed by atoms with Gasteiger partial charge in [-0.05, 0) is 35.7 Å². The predicted molar refractivity (Wildman–Crippen MR) is 103 cm³/mol. The molecule has 0 spiro atoms. The van der Waals surface area contributed by atoms with Crippen molar-refractivity contribution in [3.63, 3.8) is 0 Å². The predicted octanol–water partition coefficient (Wildman–Crippen LogP) is 5.09. The van der Waals surface area contributed by atoms with Crippen LogP contribution in [0.25, 0.3) is 0 Å². The summed E-state index contributed by atoms with van der Waals surface area (Å²) in [4.78, 5) is 12.3. The lowest BCUT2D eigenvalue weighted by molar-refractivity contribution is 0.252. The van der Waals surface area contributed by atoms with Crippen molar-refractivity contribution in [3.8, 4) is 0 Å². The molecule has 0 bridgehead atoms. The second-order valence-electron chi connectivity index (χ2n) is 6.17. The summed E-state index contributed by atoms with van der Waals surface area (Å²) in [5, 5.41) is 5.62. The van der Waals surface area contributed by atoms with Crippen LogP contribution in [0.4, 0.5) is 14.9 Å². The zero-order valence-electron chi connectivity index (χ0n) is 14.6. The first-order chi connectivity index (χ1) is 12.6. The Kier molecular flexibility index (Phi) is 5.64. The standard InChI is InChI=1S/C22H21FN2O/c1-16-12-13-19(23)14-21(16)25-22(26)24-15-20(17-8-4-2-5-9-17)18-10-6-3-7-11-18/h2-14,20H,15H2,1H3,(H2,24,25,26). The second-order valence-corrected chi connectivity index (χ2v) is 6.17. The third-order valence-electron chi connectivity index (χ3n) is 4.32. The van der Waals surface area contributed by atoms with Gasteiger partial charge in [-0.3, -0.25) is 0 Å². The molecule has 2 amide bonds. The van der Waals surface area contributed by atoms with Gasteiger partial charge < -0.3 is 10.6 Å². The van der Waals surface area contributed by atoms with Crippen molar-refractivity contribution in [2.24, 2.45) is 0 Å². The van der Waals surface area contributed by atoms with Crippen LogP contribution in [-0.4, -0.2) is 12.6 Å². The van der Waals surface area contributed by atoms with Crippen molar-refractivity contribution in [2.75, 3.05) is 11.9 Å². The highest BCUT2D eigenvalue weighted by molar-refractivity contribution is 5.90. The molecule has 0 atom stereocenters. The molecule has 0 radical (unpaired) electrons. The van der Waals surface area contributed by atoms with Gasteiger partial charge in [0, 0.05) is 18.2 Å². The molecular formula is C22H21FN2O. The van der Waals surface area contributed by atoms with Crippen LogP contribution in [0, 0.1) is 12.7 Å². The molecular weight excluding hydrogens is 327 g/mol. The molecule has 26 heavy (non-hydrogen) atoms. The molecule has 0 heterocycles. The van der Waals surface area contributed by atoms with Crippen LogP contribution >= 0.6 is 0 Å². The Morgan fingerprint density at radius 1 is 0.923 bits per heavy atom. The quantitative estimate of drug-likeness (QED) is 0.663. The molecule has 0 unspecified atom stereocenters. The molecule has 132 valence electrons. The molecule has 0 saturated carbocycles. The first kappa shape index (κ1) is 17.7. The molecule has 0 aromatic heterocycles.